The van der Waals surface area contributed by atoms with Gasteiger partial charge in [0.15, 0.2) is 0 Å². The van der Waals surface area contributed by atoms with Crippen molar-refractivity contribution in [1.82, 2.24) is 5.32 Å². The molecule has 1 amide bonds. The van der Waals surface area contributed by atoms with Gasteiger partial charge in [0, 0.05) is 13.6 Å². The van der Waals surface area contributed by atoms with Crippen molar-refractivity contribution >= 4 is 17.3 Å². The summed E-state index contributed by atoms with van der Waals surface area (Å²) < 4.78 is 5.22. The summed E-state index contributed by atoms with van der Waals surface area (Å²) in [6.07, 6.45) is 1.85. The van der Waals surface area contributed by atoms with Gasteiger partial charge in [-0.15, -0.1) is 0 Å². The SMILES string of the molecule is CNC(=O)C1CCCN1c1cccc(OC)c1N. The summed E-state index contributed by atoms with van der Waals surface area (Å²) in [6.45, 7) is 0.843. The molecule has 0 saturated carbocycles. The topological polar surface area (TPSA) is 67.6 Å². The van der Waals surface area contributed by atoms with Crippen LogP contribution in [0.4, 0.5) is 11.4 Å². The van der Waals surface area contributed by atoms with Crippen molar-refractivity contribution in [2.45, 2.75) is 18.9 Å². The van der Waals surface area contributed by atoms with Crippen LogP contribution in [0, 0.1) is 0 Å². The highest BCUT2D eigenvalue weighted by Crippen LogP contribution is 2.35. The van der Waals surface area contributed by atoms with E-state index in [1.165, 1.54) is 0 Å². The summed E-state index contributed by atoms with van der Waals surface area (Å²) in [4.78, 5) is 13.9. The predicted octanol–water partition coefficient (Wildman–Crippen LogP) is 0.992. The van der Waals surface area contributed by atoms with E-state index in [1.807, 2.05) is 18.2 Å². The summed E-state index contributed by atoms with van der Waals surface area (Å²) in [5.41, 5.74) is 7.55. The number of hydrogen-bond donors (Lipinski definition) is 2. The molecule has 0 spiro atoms. The molecule has 1 aromatic carbocycles. The fraction of sp³-hybridized carbons (Fsp3) is 0.462. The minimum Gasteiger partial charge on any atom is -0.495 e. The zero-order valence-electron chi connectivity index (χ0n) is 10.8. The Bertz CT molecular complexity index is 448. The van der Waals surface area contributed by atoms with Crippen LogP contribution >= 0.6 is 0 Å². The number of methoxy groups -OCH3 is 1. The van der Waals surface area contributed by atoms with E-state index in [1.54, 1.807) is 14.2 Å². The van der Waals surface area contributed by atoms with Gasteiger partial charge >= 0.3 is 0 Å². The molecule has 1 aromatic rings. The molecule has 1 saturated heterocycles. The first-order valence-electron chi connectivity index (χ1n) is 6.09. The average molecular weight is 249 g/mol. The molecular weight excluding hydrogens is 230 g/mol. The van der Waals surface area contributed by atoms with Crippen LogP contribution < -0.4 is 20.7 Å². The van der Waals surface area contributed by atoms with Gasteiger partial charge in [-0.1, -0.05) is 6.07 Å². The van der Waals surface area contributed by atoms with Crippen LogP contribution in [0.25, 0.3) is 0 Å². The maximum absolute atomic E-state index is 11.8. The van der Waals surface area contributed by atoms with E-state index in [-0.39, 0.29) is 11.9 Å². The Morgan fingerprint density at radius 3 is 3.00 bits per heavy atom. The van der Waals surface area contributed by atoms with Crippen LogP contribution in [-0.2, 0) is 4.79 Å². The highest BCUT2D eigenvalue weighted by atomic mass is 16.5. The normalized spacial score (nSPS) is 18.8. The molecule has 1 heterocycles. The number of nitrogens with one attached hydrogen (secondary N) is 1. The zero-order valence-corrected chi connectivity index (χ0v) is 10.8. The fourth-order valence-corrected chi connectivity index (χ4v) is 2.46. The fourth-order valence-electron chi connectivity index (χ4n) is 2.46. The van der Waals surface area contributed by atoms with Crippen molar-refractivity contribution in [2.75, 3.05) is 31.3 Å². The van der Waals surface area contributed by atoms with E-state index in [9.17, 15) is 4.79 Å². The largest absolute Gasteiger partial charge is 0.495 e. The lowest BCUT2D eigenvalue weighted by atomic mass is 10.1. The van der Waals surface area contributed by atoms with Crippen LogP contribution in [0.15, 0.2) is 18.2 Å². The van der Waals surface area contributed by atoms with Gasteiger partial charge in [0.05, 0.1) is 18.5 Å². The van der Waals surface area contributed by atoms with E-state index in [0.29, 0.717) is 11.4 Å². The molecule has 1 fully saturated rings. The van der Waals surface area contributed by atoms with Crippen molar-refractivity contribution in [3.63, 3.8) is 0 Å². The molecule has 5 nitrogen and oxygen atoms in total. The Kier molecular flexibility index (Phi) is 3.60. The minimum absolute atomic E-state index is 0.0368. The highest BCUT2D eigenvalue weighted by Gasteiger charge is 2.31. The minimum atomic E-state index is -0.135. The van der Waals surface area contributed by atoms with Crippen molar-refractivity contribution in [1.29, 1.82) is 0 Å². The number of para-hydroxylation sites is 1. The van der Waals surface area contributed by atoms with Crippen molar-refractivity contribution in [3.05, 3.63) is 18.2 Å². The number of ether oxygens (including phenoxy) is 1. The van der Waals surface area contributed by atoms with Crippen molar-refractivity contribution in [3.8, 4) is 5.75 Å². The smallest absolute Gasteiger partial charge is 0.242 e. The molecule has 1 atom stereocenters. The lowest BCUT2D eigenvalue weighted by molar-refractivity contribution is -0.121. The maximum Gasteiger partial charge on any atom is 0.242 e. The van der Waals surface area contributed by atoms with Crippen LogP contribution in [0.1, 0.15) is 12.8 Å². The van der Waals surface area contributed by atoms with Crippen LogP contribution in [0.2, 0.25) is 0 Å². The maximum atomic E-state index is 11.8. The van der Waals surface area contributed by atoms with Gasteiger partial charge in [-0.25, -0.2) is 0 Å². The molecule has 0 aliphatic carbocycles. The summed E-state index contributed by atoms with van der Waals surface area (Å²) in [5, 5.41) is 2.70. The number of nitrogens with zero attached hydrogens (tertiary/aromatic N) is 1. The Morgan fingerprint density at radius 1 is 1.56 bits per heavy atom. The van der Waals surface area contributed by atoms with Gasteiger partial charge in [0.1, 0.15) is 11.8 Å². The van der Waals surface area contributed by atoms with Crippen LogP contribution in [0.3, 0.4) is 0 Å². The van der Waals surface area contributed by atoms with Gasteiger partial charge in [-0.05, 0) is 25.0 Å². The third-order valence-electron chi connectivity index (χ3n) is 3.37. The number of carbonyl (C=O) groups is 1. The van der Waals surface area contributed by atoms with Gasteiger partial charge in [0.2, 0.25) is 5.91 Å². The van der Waals surface area contributed by atoms with E-state index >= 15 is 0 Å². The summed E-state index contributed by atoms with van der Waals surface area (Å²) >= 11 is 0. The van der Waals surface area contributed by atoms with E-state index in [2.05, 4.69) is 10.2 Å². The van der Waals surface area contributed by atoms with E-state index in [4.69, 9.17) is 10.5 Å². The quantitative estimate of drug-likeness (QED) is 0.784. The number of likely N-dealkylation sites (N-methyl/N-ethyl adjacent to an activating group) is 1. The van der Waals surface area contributed by atoms with Gasteiger partial charge in [-0.2, -0.15) is 0 Å². The van der Waals surface area contributed by atoms with Crippen molar-refractivity contribution < 1.29 is 9.53 Å². The molecule has 1 aliphatic heterocycles. The third-order valence-corrected chi connectivity index (χ3v) is 3.37. The number of anilines is 2. The highest BCUT2D eigenvalue weighted by molar-refractivity contribution is 5.88. The molecule has 98 valence electrons. The molecule has 3 N–H and O–H groups in total. The Morgan fingerprint density at radius 2 is 2.33 bits per heavy atom. The average Bonchev–Trinajstić information content (AvgIpc) is 2.87. The predicted molar refractivity (Wildman–Crippen MR) is 71.8 cm³/mol. The number of benzene rings is 1. The molecule has 0 aromatic heterocycles. The number of hydrogen-bond acceptors (Lipinski definition) is 4. The standard InChI is InChI=1S/C13H19N3O2/c1-15-13(17)10-6-4-8-16(10)9-5-3-7-11(18-2)12(9)14/h3,5,7,10H,4,6,8,14H2,1-2H3,(H,15,17). The third kappa shape index (κ3) is 2.08. The number of rotatable bonds is 3. The Hall–Kier alpha value is -1.91. The number of nitrogens with two attached hydrogens (primary N) is 1. The van der Waals surface area contributed by atoms with Crippen LogP contribution in [0.5, 0.6) is 5.75 Å². The zero-order chi connectivity index (χ0) is 13.1. The first kappa shape index (κ1) is 12.5. The molecule has 5 heteroatoms. The molecule has 2 rings (SSSR count). The van der Waals surface area contributed by atoms with Crippen LogP contribution in [-0.4, -0.2) is 32.7 Å². The lowest BCUT2D eigenvalue weighted by Gasteiger charge is -2.27. The van der Waals surface area contributed by atoms with Gasteiger partial charge in [0.25, 0.3) is 0 Å². The summed E-state index contributed by atoms with van der Waals surface area (Å²) in [5.74, 6) is 0.685. The van der Waals surface area contributed by atoms with Crippen molar-refractivity contribution in [2.24, 2.45) is 0 Å². The number of nitrogen functional groups attached to an aromatic ring is 1. The molecular formula is C13H19N3O2. The second kappa shape index (κ2) is 5.16. The first-order chi connectivity index (χ1) is 8.69. The number of carbonyl (C=O) groups excluding carboxylic acids is 1. The summed E-state index contributed by atoms with van der Waals surface area (Å²) in [6, 6.07) is 5.51. The second-order valence-electron chi connectivity index (χ2n) is 4.36. The molecule has 1 aliphatic rings. The lowest BCUT2D eigenvalue weighted by Crippen LogP contribution is -2.42. The monoisotopic (exact) mass is 249 g/mol. The molecule has 18 heavy (non-hydrogen) atoms. The Balaban J connectivity index is 2.33. The number of amides is 1. The molecule has 0 radical (unpaired) electrons. The van der Waals surface area contributed by atoms with Gasteiger partial charge < -0.3 is 20.7 Å². The molecule has 0 bridgehead atoms. The Labute approximate surface area is 107 Å². The molecule has 1 unspecified atom stereocenters. The van der Waals surface area contributed by atoms with E-state index in [0.717, 1.165) is 25.1 Å². The first-order valence-corrected chi connectivity index (χ1v) is 6.09. The van der Waals surface area contributed by atoms with E-state index < -0.39 is 0 Å². The summed E-state index contributed by atoms with van der Waals surface area (Å²) in [7, 11) is 3.25. The van der Waals surface area contributed by atoms with Gasteiger partial charge in [-0.3, -0.25) is 4.79 Å². The second-order valence-corrected chi connectivity index (χ2v) is 4.36.